The van der Waals surface area contributed by atoms with Gasteiger partial charge < -0.3 is 14.9 Å². The number of hydrogen-bond donors (Lipinski definition) is 2. The number of carbonyl (C=O) groups is 2. The molecule has 0 atom stereocenters. The molecule has 1 aromatic carbocycles. The Labute approximate surface area is 105 Å². The van der Waals surface area contributed by atoms with Crippen LogP contribution in [-0.4, -0.2) is 28.5 Å². The summed E-state index contributed by atoms with van der Waals surface area (Å²) >= 11 is 0. The fraction of sp³-hybridized carbons (Fsp3) is 0.111. The maximum absolute atomic E-state index is 13.2. The highest BCUT2D eigenvalue weighted by atomic mass is 19.4. The number of ether oxygens (including phenoxy) is 1. The fourth-order valence-electron chi connectivity index (χ4n) is 1.24. The third-order valence-corrected chi connectivity index (χ3v) is 1.92. The van der Waals surface area contributed by atoms with Crippen LogP contribution in [0.4, 0.5) is 26.3 Å². The largest absolute Gasteiger partial charge is 0.573 e. The van der Waals surface area contributed by atoms with Crippen LogP contribution in [0.5, 0.6) is 5.75 Å². The number of alkyl halides is 3. The van der Waals surface area contributed by atoms with Crippen molar-refractivity contribution in [2.45, 2.75) is 6.36 Å². The van der Waals surface area contributed by atoms with Gasteiger partial charge in [0.25, 0.3) is 0 Å². The SMILES string of the molecule is O=C(O)c1c(F)c(F)c(F)c(C(=O)O)c1OC(F)(F)F. The van der Waals surface area contributed by atoms with E-state index >= 15 is 0 Å². The maximum Gasteiger partial charge on any atom is 0.573 e. The van der Waals surface area contributed by atoms with Gasteiger partial charge in [0.1, 0.15) is 11.1 Å². The lowest BCUT2D eigenvalue weighted by molar-refractivity contribution is -0.275. The molecule has 0 saturated heterocycles. The first kappa shape index (κ1) is 15.6. The summed E-state index contributed by atoms with van der Waals surface area (Å²) < 4.78 is 78.4. The minimum absolute atomic E-state index is 2.08. The Bertz CT molecular complexity index is 552. The molecule has 0 aliphatic carbocycles. The van der Waals surface area contributed by atoms with Gasteiger partial charge in [-0.15, -0.1) is 13.2 Å². The maximum atomic E-state index is 13.2. The van der Waals surface area contributed by atoms with Crippen LogP contribution in [0.25, 0.3) is 0 Å². The van der Waals surface area contributed by atoms with Crippen LogP contribution in [0.2, 0.25) is 0 Å². The molecule has 0 aliphatic heterocycles. The summed E-state index contributed by atoms with van der Waals surface area (Å²) in [5.74, 6) is -14.7. The van der Waals surface area contributed by atoms with Gasteiger partial charge in [-0.2, -0.15) is 0 Å². The van der Waals surface area contributed by atoms with Gasteiger partial charge in [0, 0.05) is 0 Å². The summed E-state index contributed by atoms with van der Waals surface area (Å²) in [5.41, 5.74) is -4.17. The second-order valence-corrected chi connectivity index (χ2v) is 3.18. The van der Waals surface area contributed by atoms with E-state index < -0.39 is 52.6 Å². The third-order valence-electron chi connectivity index (χ3n) is 1.92. The van der Waals surface area contributed by atoms with Gasteiger partial charge in [-0.05, 0) is 0 Å². The summed E-state index contributed by atoms with van der Waals surface area (Å²) in [6.45, 7) is 0. The molecule has 1 rings (SSSR count). The first-order valence-electron chi connectivity index (χ1n) is 4.40. The Morgan fingerprint density at radius 1 is 0.850 bits per heavy atom. The normalized spacial score (nSPS) is 11.3. The van der Waals surface area contributed by atoms with Crippen LogP contribution >= 0.6 is 0 Å². The van der Waals surface area contributed by atoms with E-state index in [4.69, 9.17) is 10.2 Å². The second-order valence-electron chi connectivity index (χ2n) is 3.18. The molecule has 110 valence electrons. The molecule has 0 heterocycles. The van der Waals surface area contributed by atoms with Crippen LogP contribution in [0, 0.1) is 17.5 Å². The number of rotatable bonds is 3. The molecule has 0 saturated carbocycles. The highest BCUT2D eigenvalue weighted by molar-refractivity contribution is 5.99. The van der Waals surface area contributed by atoms with Crippen molar-refractivity contribution in [3.63, 3.8) is 0 Å². The highest BCUT2D eigenvalue weighted by Crippen LogP contribution is 2.35. The molecule has 1 aromatic rings. The molecule has 0 fully saturated rings. The van der Waals surface area contributed by atoms with Crippen molar-refractivity contribution in [2.75, 3.05) is 0 Å². The molecular weight excluding hydrogens is 302 g/mol. The number of halogens is 6. The van der Waals surface area contributed by atoms with Gasteiger partial charge in [0.2, 0.25) is 0 Å². The first-order chi connectivity index (χ1) is 8.97. The summed E-state index contributed by atoms with van der Waals surface area (Å²) in [6.07, 6.45) is -5.65. The lowest BCUT2D eigenvalue weighted by atomic mass is 10.1. The van der Waals surface area contributed by atoms with Crippen molar-refractivity contribution in [2.24, 2.45) is 0 Å². The van der Waals surface area contributed by atoms with E-state index in [0.29, 0.717) is 0 Å². The topological polar surface area (TPSA) is 83.8 Å². The number of hydrogen-bond acceptors (Lipinski definition) is 3. The molecule has 20 heavy (non-hydrogen) atoms. The molecule has 0 radical (unpaired) electrons. The second kappa shape index (κ2) is 4.90. The Balaban J connectivity index is 3.83. The summed E-state index contributed by atoms with van der Waals surface area (Å²) in [4.78, 5) is 21.2. The van der Waals surface area contributed by atoms with Crippen molar-refractivity contribution < 1.29 is 50.9 Å². The summed E-state index contributed by atoms with van der Waals surface area (Å²) in [5, 5.41) is 17.0. The quantitative estimate of drug-likeness (QED) is 0.661. The molecule has 2 N–H and O–H groups in total. The average Bonchev–Trinajstić information content (AvgIpc) is 2.23. The van der Waals surface area contributed by atoms with E-state index in [9.17, 15) is 35.9 Å². The number of carboxylic acid groups (broad SMARTS) is 2. The monoisotopic (exact) mass is 304 g/mol. The Hall–Kier alpha value is -2.46. The molecule has 0 aliphatic rings. The summed E-state index contributed by atoms with van der Waals surface area (Å²) in [7, 11) is 0. The van der Waals surface area contributed by atoms with E-state index in [1.807, 2.05) is 0 Å². The first-order valence-corrected chi connectivity index (χ1v) is 4.40. The smallest absolute Gasteiger partial charge is 0.477 e. The fourth-order valence-corrected chi connectivity index (χ4v) is 1.24. The predicted octanol–water partition coefficient (Wildman–Crippen LogP) is 2.40. The Morgan fingerprint density at radius 2 is 1.20 bits per heavy atom. The summed E-state index contributed by atoms with van der Waals surface area (Å²) in [6, 6.07) is 0. The van der Waals surface area contributed by atoms with E-state index in [1.54, 1.807) is 0 Å². The van der Waals surface area contributed by atoms with Gasteiger partial charge in [-0.1, -0.05) is 0 Å². The van der Waals surface area contributed by atoms with Crippen LogP contribution in [-0.2, 0) is 0 Å². The molecule has 11 heteroatoms. The van der Waals surface area contributed by atoms with Crippen molar-refractivity contribution in [1.29, 1.82) is 0 Å². The minimum atomic E-state index is -5.65. The van der Waals surface area contributed by atoms with Crippen LogP contribution in [0.15, 0.2) is 0 Å². The van der Waals surface area contributed by atoms with Crippen LogP contribution in [0.3, 0.4) is 0 Å². The van der Waals surface area contributed by atoms with Crippen LogP contribution < -0.4 is 4.74 Å². The lowest BCUT2D eigenvalue weighted by Gasteiger charge is -2.15. The Kier molecular flexibility index (Phi) is 3.82. The van der Waals surface area contributed by atoms with E-state index in [1.165, 1.54) is 0 Å². The number of aromatic carboxylic acids is 2. The molecule has 5 nitrogen and oxygen atoms in total. The standard InChI is InChI=1S/C9H2F6O5/c10-3-1(7(16)17)6(20-9(13,14)15)2(8(18)19)4(11)5(3)12/h(H,16,17)(H,18,19). The predicted molar refractivity (Wildman–Crippen MR) is 46.9 cm³/mol. The minimum Gasteiger partial charge on any atom is -0.477 e. The van der Waals surface area contributed by atoms with Crippen molar-refractivity contribution in [1.82, 2.24) is 0 Å². The molecular formula is C9H2F6O5. The van der Waals surface area contributed by atoms with Crippen LogP contribution in [0.1, 0.15) is 20.7 Å². The van der Waals surface area contributed by atoms with E-state index in [-0.39, 0.29) is 0 Å². The van der Waals surface area contributed by atoms with E-state index in [0.717, 1.165) is 0 Å². The molecule has 0 aromatic heterocycles. The zero-order valence-electron chi connectivity index (χ0n) is 8.89. The number of carboxylic acids is 2. The van der Waals surface area contributed by atoms with Gasteiger partial charge in [0.05, 0.1) is 0 Å². The zero-order chi connectivity index (χ0) is 15.8. The van der Waals surface area contributed by atoms with E-state index in [2.05, 4.69) is 4.74 Å². The average molecular weight is 304 g/mol. The molecule has 0 unspecified atom stereocenters. The number of benzene rings is 1. The van der Waals surface area contributed by atoms with Gasteiger partial charge >= 0.3 is 18.3 Å². The molecule has 0 amide bonds. The Morgan fingerprint density at radius 3 is 1.45 bits per heavy atom. The van der Waals surface area contributed by atoms with Crippen molar-refractivity contribution >= 4 is 11.9 Å². The van der Waals surface area contributed by atoms with Crippen molar-refractivity contribution in [3.8, 4) is 5.75 Å². The molecule has 0 bridgehead atoms. The van der Waals surface area contributed by atoms with Gasteiger partial charge in [-0.3, -0.25) is 0 Å². The van der Waals surface area contributed by atoms with Crippen molar-refractivity contribution in [3.05, 3.63) is 28.6 Å². The lowest BCUT2D eigenvalue weighted by Crippen LogP contribution is -2.23. The highest BCUT2D eigenvalue weighted by Gasteiger charge is 2.40. The molecule has 0 spiro atoms. The van der Waals surface area contributed by atoms with Gasteiger partial charge in [0.15, 0.2) is 23.2 Å². The van der Waals surface area contributed by atoms with Gasteiger partial charge in [-0.25, -0.2) is 22.8 Å². The zero-order valence-corrected chi connectivity index (χ0v) is 8.89. The third kappa shape index (κ3) is 2.75.